The summed E-state index contributed by atoms with van der Waals surface area (Å²) in [5, 5.41) is 0.590. The van der Waals surface area contributed by atoms with Crippen LogP contribution in [0.25, 0.3) is 11.0 Å². The SMILES string of the molecule is C=CCc1cccc2c(=O)cc(OCCN3CCCCC3)oc12. The molecule has 0 spiro atoms. The standard InChI is InChI=1S/C19H23NO3/c1-2-7-15-8-6-9-16-17(21)14-18(23-19(15)16)22-13-12-20-10-4-3-5-11-20/h2,6,8-9,14H,1,3-5,7,10-13H2. The summed E-state index contributed by atoms with van der Waals surface area (Å²) in [5.74, 6) is 0.302. The van der Waals surface area contributed by atoms with E-state index in [0.29, 0.717) is 29.9 Å². The molecule has 0 bridgehead atoms. The van der Waals surface area contributed by atoms with Gasteiger partial charge >= 0.3 is 0 Å². The van der Waals surface area contributed by atoms with Crippen molar-refractivity contribution in [3.8, 4) is 5.95 Å². The van der Waals surface area contributed by atoms with Gasteiger partial charge in [-0.25, -0.2) is 0 Å². The third-order valence-electron chi connectivity index (χ3n) is 4.28. The Kier molecular flexibility index (Phi) is 5.13. The Morgan fingerprint density at radius 3 is 2.87 bits per heavy atom. The second-order valence-corrected chi connectivity index (χ2v) is 5.97. The topological polar surface area (TPSA) is 42.7 Å². The molecule has 2 aromatic rings. The third-order valence-corrected chi connectivity index (χ3v) is 4.28. The van der Waals surface area contributed by atoms with Crippen LogP contribution in [-0.4, -0.2) is 31.1 Å². The molecule has 0 atom stereocenters. The van der Waals surface area contributed by atoms with Crippen LogP contribution in [-0.2, 0) is 6.42 Å². The molecule has 1 aliphatic rings. The summed E-state index contributed by atoms with van der Waals surface area (Å²) in [7, 11) is 0. The van der Waals surface area contributed by atoms with Gasteiger partial charge < -0.3 is 9.15 Å². The third kappa shape index (κ3) is 3.82. The number of likely N-dealkylation sites (tertiary alicyclic amines) is 1. The van der Waals surface area contributed by atoms with E-state index in [1.807, 2.05) is 12.1 Å². The number of fused-ring (bicyclic) bond motifs is 1. The number of allylic oxidation sites excluding steroid dienone is 1. The number of hydrogen-bond acceptors (Lipinski definition) is 4. The van der Waals surface area contributed by atoms with Crippen molar-refractivity contribution in [2.45, 2.75) is 25.7 Å². The van der Waals surface area contributed by atoms with Crippen molar-refractivity contribution in [2.24, 2.45) is 0 Å². The van der Waals surface area contributed by atoms with Crippen LogP contribution in [0.2, 0.25) is 0 Å². The highest BCUT2D eigenvalue weighted by molar-refractivity contribution is 5.80. The van der Waals surface area contributed by atoms with Gasteiger partial charge in [0.2, 0.25) is 0 Å². The van der Waals surface area contributed by atoms with E-state index in [2.05, 4.69) is 11.5 Å². The summed E-state index contributed by atoms with van der Waals surface area (Å²) >= 11 is 0. The lowest BCUT2D eigenvalue weighted by Crippen LogP contribution is -2.33. The van der Waals surface area contributed by atoms with Crippen LogP contribution in [0.4, 0.5) is 0 Å². The van der Waals surface area contributed by atoms with E-state index in [1.165, 1.54) is 25.3 Å². The lowest BCUT2D eigenvalue weighted by molar-refractivity contribution is 0.165. The van der Waals surface area contributed by atoms with Crippen LogP contribution in [0.1, 0.15) is 24.8 Å². The molecule has 1 fully saturated rings. The van der Waals surface area contributed by atoms with Crippen LogP contribution in [0.15, 0.2) is 46.1 Å². The molecule has 0 aliphatic carbocycles. The fourth-order valence-electron chi connectivity index (χ4n) is 3.06. The summed E-state index contributed by atoms with van der Waals surface area (Å²) in [6, 6.07) is 7.04. The minimum atomic E-state index is -0.0647. The van der Waals surface area contributed by atoms with Gasteiger partial charge in [-0.15, -0.1) is 6.58 Å². The zero-order valence-electron chi connectivity index (χ0n) is 13.4. The van der Waals surface area contributed by atoms with Gasteiger partial charge in [0, 0.05) is 6.54 Å². The molecule has 23 heavy (non-hydrogen) atoms. The van der Waals surface area contributed by atoms with Crippen molar-refractivity contribution in [3.63, 3.8) is 0 Å². The smallest absolute Gasteiger partial charge is 0.288 e. The molecule has 0 amide bonds. The molecule has 0 unspecified atom stereocenters. The largest absolute Gasteiger partial charge is 0.464 e. The van der Waals surface area contributed by atoms with Gasteiger partial charge in [0.25, 0.3) is 5.95 Å². The fourth-order valence-corrected chi connectivity index (χ4v) is 3.06. The normalized spacial score (nSPS) is 15.7. The first kappa shape index (κ1) is 15.8. The molecule has 4 heteroatoms. The van der Waals surface area contributed by atoms with Gasteiger partial charge in [-0.05, 0) is 44.0 Å². The van der Waals surface area contributed by atoms with E-state index in [0.717, 1.165) is 25.2 Å². The van der Waals surface area contributed by atoms with Crippen molar-refractivity contribution in [2.75, 3.05) is 26.2 Å². The predicted molar refractivity (Wildman–Crippen MR) is 92.2 cm³/mol. The number of nitrogens with zero attached hydrogens (tertiary/aromatic N) is 1. The molecule has 4 nitrogen and oxygen atoms in total. The zero-order chi connectivity index (χ0) is 16.1. The summed E-state index contributed by atoms with van der Waals surface area (Å²) in [6.45, 7) is 7.43. The minimum Gasteiger partial charge on any atom is -0.464 e. The Morgan fingerprint density at radius 2 is 2.09 bits per heavy atom. The molecular weight excluding hydrogens is 290 g/mol. The second-order valence-electron chi connectivity index (χ2n) is 5.97. The van der Waals surface area contributed by atoms with Crippen molar-refractivity contribution >= 4 is 11.0 Å². The lowest BCUT2D eigenvalue weighted by Gasteiger charge is -2.25. The average molecular weight is 313 g/mol. The predicted octanol–water partition coefficient (Wildman–Crippen LogP) is 3.39. The lowest BCUT2D eigenvalue weighted by atomic mass is 10.1. The molecule has 122 valence electrons. The quantitative estimate of drug-likeness (QED) is 0.767. The molecule has 0 radical (unpaired) electrons. The second kappa shape index (κ2) is 7.47. The fraction of sp³-hybridized carbons (Fsp3) is 0.421. The van der Waals surface area contributed by atoms with Crippen LogP contribution in [0, 0.1) is 0 Å². The summed E-state index contributed by atoms with van der Waals surface area (Å²) in [5.41, 5.74) is 1.49. The first-order valence-electron chi connectivity index (χ1n) is 8.30. The highest BCUT2D eigenvalue weighted by Gasteiger charge is 2.12. The van der Waals surface area contributed by atoms with E-state index in [1.54, 1.807) is 12.1 Å². The van der Waals surface area contributed by atoms with E-state index < -0.39 is 0 Å². The Morgan fingerprint density at radius 1 is 1.26 bits per heavy atom. The summed E-state index contributed by atoms with van der Waals surface area (Å²) in [6.07, 6.45) is 6.31. The molecule has 0 saturated carbocycles. The highest BCUT2D eigenvalue weighted by atomic mass is 16.6. The van der Waals surface area contributed by atoms with Crippen molar-refractivity contribution in [1.82, 2.24) is 4.90 Å². The molecule has 1 aliphatic heterocycles. The van der Waals surface area contributed by atoms with Gasteiger partial charge in [0.05, 0.1) is 11.5 Å². The Bertz CT molecular complexity index is 729. The Labute approximate surface area is 136 Å². The van der Waals surface area contributed by atoms with Gasteiger partial charge in [-0.2, -0.15) is 0 Å². The number of para-hydroxylation sites is 1. The van der Waals surface area contributed by atoms with Gasteiger partial charge in [-0.1, -0.05) is 24.6 Å². The summed E-state index contributed by atoms with van der Waals surface area (Å²) < 4.78 is 11.5. The van der Waals surface area contributed by atoms with E-state index >= 15 is 0 Å². The number of benzene rings is 1. The highest BCUT2D eigenvalue weighted by Crippen LogP contribution is 2.22. The molecular formula is C19H23NO3. The van der Waals surface area contributed by atoms with Crippen LogP contribution < -0.4 is 10.2 Å². The van der Waals surface area contributed by atoms with E-state index in [9.17, 15) is 4.79 Å². The van der Waals surface area contributed by atoms with Crippen molar-refractivity contribution < 1.29 is 9.15 Å². The van der Waals surface area contributed by atoms with Crippen LogP contribution in [0.5, 0.6) is 5.95 Å². The van der Waals surface area contributed by atoms with Gasteiger partial charge in [0.15, 0.2) is 5.43 Å². The summed E-state index contributed by atoms with van der Waals surface area (Å²) in [4.78, 5) is 14.6. The number of hydrogen-bond donors (Lipinski definition) is 0. The van der Waals surface area contributed by atoms with E-state index in [4.69, 9.17) is 9.15 Å². The van der Waals surface area contributed by atoms with Gasteiger partial charge in [-0.3, -0.25) is 9.69 Å². The van der Waals surface area contributed by atoms with Crippen LogP contribution in [0.3, 0.4) is 0 Å². The average Bonchev–Trinajstić information content (AvgIpc) is 2.57. The monoisotopic (exact) mass is 313 g/mol. The molecule has 3 rings (SSSR count). The zero-order valence-corrected chi connectivity index (χ0v) is 13.4. The van der Waals surface area contributed by atoms with E-state index in [-0.39, 0.29) is 5.43 Å². The van der Waals surface area contributed by atoms with Crippen molar-refractivity contribution in [1.29, 1.82) is 0 Å². The molecule has 1 aromatic heterocycles. The van der Waals surface area contributed by atoms with Gasteiger partial charge in [0.1, 0.15) is 12.2 Å². The maximum atomic E-state index is 12.2. The molecule has 1 saturated heterocycles. The number of piperidine rings is 1. The Balaban J connectivity index is 1.74. The maximum absolute atomic E-state index is 12.2. The minimum absolute atomic E-state index is 0.0647. The number of ether oxygens (including phenoxy) is 1. The molecule has 0 N–H and O–H groups in total. The first-order chi connectivity index (χ1) is 11.3. The first-order valence-corrected chi connectivity index (χ1v) is 8.30. The maximum Gasteiger partial charge on any atom is 0.288 e. The molecule has 1 aromatic carbocycles. The van der Waals surface area contributed by atoms with Crippen LogP contribution >= 0.6 is 0 Å². The number of rotatable bonds is 6. The Hall–Kier alpha value is -2.07. The molecule has 2 heterocycles. The van der Waals surface area contributed by atoms with Crippen molar-refractivity contribution in [3.05, 3.63) is 52.7 Å².